The highest BCUT2D eigenvalue weighted by Crippen LogP contribution is 2.55. The van der Waals surface area contributed by atoms with Crippen molar-refractivity contribution in [2.45, 2.75) is 30.8 Å². The lowest BCUT2D eigenvalue weighted by Gasteiger charge is -2.24. The maximum Gasteiger partial charge on any atom is 0.252 e. The normalized spacial score (nSPS) is 21.2. The Morgan fingerprint density at radius 3 is 2.58 bits per heavy atom. The number of benzene rings is 4. The summed E-state index contributed by atoms with van der Waals surface area (Å²) in [5.74, 6) is 1.66. The minimum absolute atomic E-state index is 0.0192. The molecule has 8 rings (SSSR count). The number of carbonyl (C=O) groups excluding carboxylic acids is 2. The third kappa shape index (κ3) is 3.24. The molecule has 40 heavy (non-hydrogen) atoms. The first-order valence-corrected chi connectivity index (χ1v) is 13.6. The van der Waals surface area contributed by atoms with Gasteiger partial charge >= 0.3 is 0 Å². The van der Waals surface area contributed by atoms with Gasteiger partial charge in [-0.25, -0.2) is 0 Å². The van der Waals surface area contributed by atoms with Gasteiger partial charge in [-0.1, -0.05) is 60.7 Å². The molecule has 3 heterocycles. The zero-order valence-electron chi connectivity index (χ0n) is 21.7. The Kier molecular flexibility index (Phi) is 4.98. The Morgan fingerprint density at radius 1 is 0.875 bits per heavy atom. The summed E-state index contributed by atoms with van der Waals surface area (Å²) in [6.45, 7) is 0.607. The molecule has 0 saturated carbocycles. The molecule has 2 unspecified atom stereocenters. The number of rotatable bonds is 4. The van der Waals surface area contributed by atoms with Crippen LogP contribution >= 0.6 is 0 Å². The van der Waals surface area contributed by atoms with E-state index in [-0.39, 0.29) is 37.8 Å². The number of nitrogens with one attached hydrogen (secondary N) is 1. The average molecular weight is 531 g/mol. The van der Waals surface area contributed by atoms with E-state index < -0.39 is 5.41 Å². The Labute approximate surface area is 231 Å². The first-order chi connectivity index (χ1) is 19.6. The van der Waals surface area contributed by atoms with Gasteiger partial charge in [0.2, 0.25) is 12.7 Å². The van der Waals surface area contributed by atoms with Gasteiger partial charge in [0.15, 0.2) is 11.5 Å². The van der Waals surface area contributed by atoms with E-state index in [1.54, 1.807) is 4.90 Å². The zero-order chi connectivity index (χ0) is 26.8. The number of hydrogen-bond donors (Lipinski definition) is 1. The van der Waals surface area contributed by atoms with E-state index >= 15 is 0 Å². The standard InChI is InChI=1S/C33H26N2O5/c36-31(34-26-14-13-20-7-1-3-9-22(20)26)23-10-4-2-8-21(23)17-35-27-12-6-5-11-24(27)33(32(35)37)18-38-28-16-30-29(15-25(28)33)39-19-40-30/h1-12,15-16,26H,13-14,17-19H2,(H,34,36). The van der Waals surface area contributed by atoms with E-state index in [1.807, 2.05) is 72.8 Å². The second kappa shape index (κ2) is 8.61. The topological polar surface area (TPSA) is 77.1 Å². The first-order valence-electron chi connectivity index (χ1n) is 13.6. The van der Waals surface area contributed by atoms with Crippen LogP contribution in [-0.4, -0.2) is 25.2 Å². The molecule has 7 heteroatoms. The molecule has 3 aliphatic heterocycles. The summed E-state index contributed by atoms with van der Waals surface area (Å²) < 4.78 is 17.3. The zero-order valence-corrected chi connectivity index (χ0v) is 21.7. The molecule has 4 aromatic rings. The van der Waals surface area contributed by atoms with Crippen LogP contribution in [0.1, 0.15) is 50.6 Å². The second-order valence-corrected chi connectivity index (χ2v) is 10.7. The quantitative estimate of drug-likeness (QED) is 0.399. The molecule has 0 saturated heterocycles. The van der Waals surface area contributed by atoms with E-state index in [2.05, 4.69) is 17.4 Å². The van der Waals surface area contributed by atoms with Gasteiger partial charge < -0.3 is 24.4 Å². The number of para-hydroxylation sites is 1. The maximum absolute atomic E-state index is 14.4. The summed E-state index contributed by atoms with van der Waals surface area (Å²) in [5.41, 5.74) is 5.33. The van der Waals surface area contributed by atoms with Gasteiger partial charge in [0.1, 0.15) is 17.8 Å². The van der Waals surface area contributed by atoms with Gasteiger partial charge in [0.25, 0.3) is 5.91 Å². The Morgan fingerprint density at radius 2 is 1.65 bits per heavy atom. The van der Waals surface area contributed by atoms with Crippen LogP contribution in [-0.2, 0) is 23.2 Å². The number of ether oxygens (including phenoxy) is 3. The van der Waals surface area contributed by atoms with Gasteiger partial charge in [-0.3, -0.25) is 9.59 Å². The van der Waals surface area contributed by atoms with E-state index in [9.17, 15) is 9.59 Å². The number of nitrogens with zero attached hydrogens (tertiary/aromatic N) is 1. The minimum atomic E-state index is -0.988. The minimum Gasteiger partial charge on any atom is -0.491 e. The number of anilines is 1. The Balaban J connectivity index is 1.14. The Hall–Kier alpha value is -4.78. The summed E-state index contributed by atoms with van der Waals surface area (Å²) in [5, 5.41) is 3.24. The van der Waals surface area contributed by atoms with Gasteiger partial charge in [-0.2, -0.15) is 0 Å². The fourth-order valence-corrected chi connectivity index (χ4v) is 6.71. The molecule has 1 N–H and O–H groups in total. The van der Waals surface area contributed by atoms with E-state index in [1.165, 1.54) is 11.1 Å². The molecule has 1 aliphatic carbocycles. The summed E-state index contributed by atoms with van der Waals surface area (Å²) >= 11 is 0. The summed E-state index contributed by atoms with van der Waals surface area (Å²) in [6, 6.07) is 27.3. The van der Waals surface area contributed by atoms with Crippen molar-refractivity contribution in [3.8, 4) is 17.2 Å². The Bertz CT molecular complexity index is 1720. The lowest BCUT2D eigenvalue weighted by molar-refractivity contribution is -0.122. The molecule has 4 aromatic carbocycles. The number of amides is 2. The van der Waals surface area contributed by atoms with Crippen molar-refractivity contribution in [1.29, 1.82) is 0 Å². The van der Waals surface area contributed by atoms with Gasteiger partial charge in [0.05, 0.1) is 12.6 Å². The van der Waals surface area contributed by atoms with Crippen LogP contribution in [0.2, 0.25) is 0 Å². The van der Waals surface area contributed by atoms with Crippen molar-refractivity contribution in [2.24, 2.45) is 0 Å². The predicted octanol–water partition coefficient (Wildman–Crippen LogP) is 5.06. The van der Waals surface area contributed by atoms with E-state index in [0.29, 0.717) is 22.8 Å². The first kappa shape index (κ1) is 23.1. The van der Waals surface area contributed by atoms with Gasteiger partial charge in [0, 0.05) is 22.9 Å². The SMILES string of the molecule is O=C(NC1CCc2ccccc21)c1ccccc1CN1C(=O)C2(COc3cc4c(cc32)OCO4)c2ccccc21. The largest absolute Gasteiger partial charge is 0.491 e. The van der Waals surface area contributed by atoms with Crippen LogP contribution in [0, 0.1) is 0 Å². The van der Waals surface area contributed by atoms with Crippen LogP contribution in [0.5, 0.6) is 17.2 Å². The van der Waals surface area contributed by atoms with Crippen LogP contribution in [0.4, 0.5) is 5.69 Å². The predicted molar refractivity (Wildman–Crippen MR) is 148 cm³/mol. The summed E-state index contributed by atoms with van der Waals surface area (Å²) in [7, 11) is 0. The van der Waals surface area contributed by atoms with Crippen molar-refractivity contribution >= 4 is 17.5 Å². The van der Waals surface area contributed by atoms with Gasteiger partial charge in [-0.15, -0.1) is 0 Å². The van der Waals surface area contributed by atoms with Crippen LogP contribution in [0.25, 0.3) is 0 Å². The lowest BCUT2D eigenvalue weighted by atomic mass is 9.77. The van der Waals surface area contributed by atoms with Crippen molar-refractivity contribution in [1.82, 2.24) is 5.32 Å². The molecule has 0 radical (unpaired) electrons. The molecule has 7 nitrogen and oxygen atoms in total. The molecule has 4 aliphatic rings. The van der Waals surface area contributed by atoms with Crippen molar-refractivity contribution in [3.05, 3.63) is 118 Å². The van der Waals surface area contributed by atoms with E-state index in [0.717, 1.165) is 35.2 Å². The van der Waals surface area contributed by atoms with Crippen molar-refractivity contribution in [2.75, 3.05) is 18.3 Å². The third-order valence-corrected chi connectivity index (χ3v) is 8.67. The van der Waals surface area contributed by atoms with Crippen LogP contribution in [0.15, 0.2) is 84.9 Å². The van der Waals surface area contributed by atoms with Gasteiger partial charge in [-0.05, 0) is 53.3 Å². The van der Waals surface area contributed by atoms with Crippen LogP contribution in [0.3, 0.4) is 0 Å². The lowest BCUT2D eigenvalue weighted by Crippen LogP contribution is -2.42. The highest BCUT2D eigenvalue weighted by molar-refractivity contribution is 6.11. The molecular weight excluding hydrogens is 504 g/mol. The highest BCUT2D eigenvalue weighted by Gasteiger charge is 2.57. The molecule has 198 valence electrons. The van der Waals surface area contributed by atoms with Crippen molar-refractivity contribution < 1.29 is 23.8 Å². The number of aryl methyl sites for hydroxylation is 1. The molecule has 2 amide bonds. The average Bonchev–Trinajstić information content (AvgIpc) is 3.75. The van der Waals surface area contributed by atoms with Crippen molar-refractivity contribution in [3.63, 3.8) is 0 Å². The number of carbonyl (C=O) groups is 2. The fraction of sp³-hybridized carbons (Fsp3) is 0.212. The smallest absolute Gasteiger partial charge is 0.252 e. The number of fused-ring (bicyclic) bond motifs is 6. The monoisotopic (exact) mass is 530 g/mol. The molecule has 0 aromatic heterocycles. The molecule has 0 fully saturated rings. The molecule has 2 atom stereocenters. The summed E-state index contributed by atoms with van der Waals surface area (Å²) in [6.07, 6.45) is 1.83. The maximum atomic E-state index is 14.4. The van der Waals surface area contributed by atoms with E-state index in [4.69, 9.17) is 14.2 Å². The number of hydrogen-bond acceptors (Lipinski definition) is 5. The summed E-state index contributed by atoms with van der Waals surface area (Å²) in [4.78, 5) is 29.8. The highest BCUT2D eigenvalue weighted by atomic mass is 16.7. The third-order valence-electron chi connectivity index (χ3n) is 8.67. The van der Waals surface area contributed by atoms with Crippen LogP contribution < -0.4 is 24.4 Å². The molecular formula is C33H26N2O5. The second-order valence-electron chi connectivity index (χ2n) is 10.7. The molecule has 1 spiro atoms. The fourth-order valence-electron chi connectivity index (χ4n) is 6.71. The molecule has 0 bridgehead atoms.